The molecule has 0 aromatic heterocycles. The van der Waals surface area contributed by atoms with E-state index in [0.717, 1.165) is 11.1 Å². The minimum absolute atomic E-state index is 0.0737. The first-order valence-corrected chi connectivity index (χ1v) is 14.6. The van der Waals surface area contributed by atoms with E-state index in [1.54, 1.807) is 0 Å². The number of aliphatic hydroxyl groups excluding tert-OH is 2. The number of amides is 2. The fraction of sp³-hybridized carbons (Fsp3) is 0.533. The molecule has 2 aromatic carbocycles. The highest BCUT2D eigenvalue weighted by Crippen LogP contribution is 2.12. The Balaban J connectivity index is 0.000000241. The van der Waals surface area contributed by atoms with Gasteiger partial charge in [0.05, 0.1) is 57.3 Å². The van der Waals surface area contributed by atoms with Crippen LogP contribution in [0.3, 0.4) is 0 Å². The maximum Gasteiger partial charge on any atom is 0.407 e. The minimum Gasteiger partial charge on any atom is -0.444 e. The van der Waals surface area contributed by atoms with Crippen molar-refractivity contribution in [3.8, 4) is 0 Å². The van der Waals surface area contributed by atoms with Crippen molar-refractivity contribution in [2.45, 2.75) is 62.2 Å². The Labute approximate surface area is 256 Å². The Kier molecular flexibility index (Phi) is 15.2. The summed E-state index contributed by atoms with van der Waals surface area (Å²) in [4.78, 5) is 26.5. The van der Waals surface area contributed by atoms with Crippen LogP contribution in [-0.2, 0) is 31.8 Å². The van der Waals surface area contributed by atoms with Gasteiger partial charge in [-0.25, -0.2) is 9.59 Å². The van der Waals surface area contributed by atoms with Crippen molar-refractivity contribution in [1.82, 2.24) is 10.6 Å². The van der Waals surface area contributed by atoms with Gasteiger partial charge in [-0.1, -0.05) is 65.8 Å². The lowest BCUT2D eigenvalue weighted by Crippen LogP contribution is -2.48. The van der Waals surface area contributed by atoms with Crippen molar-refractivity contribution < 1.29 is 38.7 Å². The zero-order valence-electron chi connectivity index (χ0n) is 24.6. The zero-order chi connectivity index (χ0) is 31.6. The van der Waals surface area contributed by atoms with E-state index in [9.17, 15) is 19.8 Å². The lowest BCUT2D eigenvalue weighted by molar-refractivity contribution is 0.0701. The number of nitrogens with one attached hydrogen (secondary N) is 2. The van der Waals surface area contributed by atoms with Gasteiger partial charge in [0.1, 0.15) is 12.2 Å². The van der Waals surface area contributed by atoms with Gasteiger partial charge in [-0.3, -0.25) is 0 Å². The average molecular weight is 615 g/mol. The number of hydrogen-bond acceptors (Lipinski definition) is 10. The molecule has 0 saturated carbocycles. The fourth-order valence-electron chi connectivity index (χ4n) is 4.60. The molecule has 0 unspecified atom stereocenters. The summed E-state index contributed by atoms with van der Waals surface area (Å²) in [5.41, 5.74) is 15.8. The summed E-state index contributed by atoms with van der Waals surface area (Å²) in [6.45, 7) is 1.95. The second-order valence-corrected chi connectivity index (χ2v) is 10.4. The van der Waals surface area contributed by atoms with Gasteiger partial charge in [0.15, 0.2) is 0 Å². The third-order valence-electron chi connectivity index (χ3n) is 7.03. The maximum absolute atomic E-state index is 12.0. The number of benzene rings is 2. The zero-order valence-corrected chi connectivity index (χ0v) is 24.6. The molecule has 2 amide bonds. The van der Waals surface area contributed by atoms with Crippen molar-refractivity contribution >= 4 is 12.2 Å². The van der Waals surface area contributed by atoms with Gasteiger partial charge < -0.3 is 45.5 Å². The van der Waals surface area contributed by atoms with Crippen LogP contribution in [0.1, 0.15) is 24.0 Å². The van der Waals surface area contributed by atoms with Gasteiger partial charge in [0, 0.05) is 24.3 Å². The standard InChI is InChI=1S/C15H20N4O4.C15H22N2O4/c16-19-17-9-14(20)13(8-11-4-2-1-3-5-11)18-15(21)23-12-6-7-22-10-12;16-9-14(18)13(8-11-4-2-1-3-5-11)17-15(19)21-12-6-7-20-10-12/h1-5,12-14,20H,6-10H2,(H,18,21);1-5,12-14,18H,6-10,16H2,(H,17,19)/t2*12-,13-,14+/m00/s1. The Hall–Kier alpha value is -3.91. The first kappa shape index (κ1) is 34.6. The predicted octanol–water partition coefficient (Wildman–Crippen LogP) is 2.22. The molecule has 44 heavy (non-hydrogen) atoms. The van der Waals surface area contributed by atoms with Crippen LogP contribution >= 0.6 is 0 Å². The molecular formula is C30H42N6O8. The third kappa shape index (κ3) is 12.8. The first-order chi connectivity index (χ1) is 21.4. The van der Waals surface area contributed by atoms with Gasteiger partial charge >= 0.3 is 12.2 Å². The molecule has 240 valence electrons. The van der Waals surface area contributed by atoms with Crippen LogP contribution in [0.5, 0.6) is 0 Å². The highest BCUT2D eigenvalue weighted by atomic mass is 16.6. The molecule has 2 saturated heterocycles. The summed E-state index contributed by atoms with van der Waals surface area (Å²) in [5, 5.41) is 28.8. The van der Waals surface area contributed by atoms with E-state index in [-0.39, 0.29) is 25.3 Å². The number of nitrogens with zero attached hydrogens (tertiary/aromatic N) is 3. The second-order valence-electron chi connectivity index (χ2n) is 10.4. The van der Waals surface area contributed by atoms with Gasteiger partial charge in [0.25, 0.3) is 0 Å². The number of carbonyl (C=O) groups is 2. The molecule has 4 rings (SSSR count). The van der Waals surface area contributed by atoms with Crippen molar-refractivity contribution in [2.24, 2.45) is 10.8 Å². The Morgan fingerprint density at radius 2 is 1.32 bits per heavy atom. The summed E-state index contributed by atoms with van der Waals surface area (Å²) in [7, 11) is 0. The van der Waals surface area contributed by atoms with Crippen LogP contribution < -0.4 is 16.4 Å². The quantitative estimate of drug-likeness (QED) is 0.127. The molecule has 2 heterocycles. The molecule has 0 spiro atoms. The van der Waals surface area contributed by atoms with E-state index < -0.39 is 36.5 Å². The van der Waals surface area contributed by atoms with E-state index in [0.29, 0.717) is 52.1 Å². The Morgan fingerprint density at radius 1 is 0.864 bits per heavy atom. The van der Waals surface area contributed by atoms with Crippen LogP contribution in [0.25, 0.3) is 10.4 Å². The summed E-state index contributed by atoms with van der Waals surface area (Å²) in [5.74, 6) is 0. The molecule has 2 aromatic rings. The Morgan fingerprint density at radius 3 is 1.70 bits per heavy atom. The highest BCUT2D eigenvalue weighted by Gasteiger charge is 2.26. The molecule has 6 N–H and O–H groups in total. The smallest absolute Gasteiger partial charge is 0.407 e. The fourth-order valence-corrected chi connectivity index (χ4v) is 4.60. The molecule has 2 aliphatic heterocycles. The van der Waals surface area contributed by atoms with Crippen molar-refractivity contribution in [3.63, 3.8) is 0 Å². The van der Waals surface area contributed by atoms with E-state index in [2.05, 4.69) is 20.7 Å². The van der Waals surface area contributed by atoms with Gasteiger partial charge in [0.2, 0.25) is 0 Å². The van der Waals surface area contributed by atoms with Gasteiger partial charge in [-0.2, -0.15) is 0 Å². The molecule has 14 nitrogen and oxygen atoms in total. The van der Waals surface area contributed by atoms with Crippen LogP contribution in [0.4, 0.5) is 9.59 Å². The topological polar surface area (TPSA) is 210 Å². The average Bonchev–Trinajstić information content (AvgIpc) is 3.75. The number of carbonyl (C=O) groups excluding carboxylic acids is 2. The molecule has 6 atom stereocenters. The van der Waals surface area contributed by atoms with Gasteiger partial charge in [-0.05, 0) is 29.5 Å². The first-order valence-electron chi connectivity index (χ1n) is 14.6. The summed E-state index contributed by atoms with van der Waals surface area (Å²) in [6, 6.07) is 17.9. The molecule has 0 aliphatic carbocycles. The highest BCUT2D eigenvalue weighted by molar-refractivity contribution is 5.68. The van der Waals surface area contributed by atoms with E-state index in [1.165, 1.54) is 0 Å². The van der Waals surface area contributed by atoms with E-state index in [1.807, 2.05) is 60.7 Å². The summed E-state index contributed by atoms with van der Waals surface area (Å²) >= 11 is 0. The SMILES string of the molecule is NC[C@@H](O)[C@H](Cc1ccccc1)NC(=O)O[C@H]1CCOC1.[N-]=[N+]=NC[C@@H](O)[C@H](Cc1ccccc1)NC(=O)O[C@H]1CCOC1. The van der Waals surface area contributed by atoms with Crippen molar-refractivity contribution in [2.75, 3.05) is 39.5 Å². The lowest BCUT2D eigenvalue weighted by Gasteiger charge is -2.23. The van der Waals surface area contributed by atoms with Crippen molar-refractivity contribution in [1.29, 1.82) is 0 Å². The number of rotatable bonds is 13. The molecule has 0 bridgehead atoms. The molecule has 2 aliphatic rings. The van der Waals surface area contributed by atoms with Crippen LogP contribution in [0.15, 0.2) is 65.8 Å². The predicted molar refractivity (Wildman–Crippen MR) is 161 cm³/mol. The number of aliphatic hydroxyl groups is 2. The van der Waals surface area contributed by atoms with Crippen LogP contribution in [-0.4, -0.2) is 98.4 Å². The summed E-state index contributed by atoms with van der Waals surface area (Å²) < 4.78 is 20.8. The van der Waals surface area contributed by atoms with Crippen LogP contribution in [0, 0.1) is 0 Å². The van der Waals surface area contributed by atoms with E-state index >= 15 is 0 Å². The number of ether oxygens (including phenoxy) is 4. The van der Waals surface area contributed by atoms with Crippen molar-refractivity contribution in [3.05, 3.63) is 82.2 Å². The number of hydrogen-bond donors (Lipinski definition) is 5. The second kappa shape index (κ2) is 19.4. The third-order valence-corrected chi connectivity index (χ3v) is 7.03. The molecule has 0 radical (unpaired) electrons. The monoisotopic (exact) mass is 614 g/mol. The molecular weight excluding hydrogens is 572 g/mol. The normalized spacial score (nSPS) is 20.1. The number of alkyl carbamates (subject to hydrolysis) is 2. The number of nitrogens with two attached hydrogens (primary N) is 1. The number of azide groups is 1. The van der Waals surface area contributed by atoms with Gasteiger partial charge in [-0.15, -0.1) is 0 Å². The van der Waals surface area contributed by atoms with Crippen LogP contribution in [0.2, 0.25) is 0 Å². The summed E-state index contributed by atoms with van der Waals surface area (Å²) in [6.07, 6.45) is -1.18. The molecule has 2 fully saturated rings. The Bertz CT molecular complexity index is 1160. The maximum atomic E-state index is 12.0. The largest absolute Gasteiger partial charge is 0.444 e. The van der Waals surface area contributed by atoms with E-state index in [4.69, 9.17) is 30.2 Å². The molecule has 14 heteroatoms. The minimum atomic E-state index is -1.00. The lowest BCUT2D eigenvalue weighted by atomic mass is 10.0.